The standard InChI is InChI=1S/C45H56N8O4/c1-6-40-38(42(50-36-13-17-57-18-14-36)39-26-49-53(7-2)43(39)51-40)25-48-45(55)35-20-29(3)19-34(23-35)44(54)47-24-31-11-12-41(56-5)37(22-31)33-10-8-9-32(21-33)28-52-16-15-46-30(4)27-52/h8-12,19-23,26,30,36,46H,6-7,13-18,24-25,27-28H2,1-5H3,(H,47,54)(H,48,55)(H,50,51)/t30-/m1/s1. The SMILES string of the molecule is CCc1nc2c(cnn2CC)c(NC2CCOCC2)c1CNC(=O)c1cc(C)cc(C(=O)NCc2ccc(OC)c(-c3cccc(CN4CCN[C@H](C)C4)c3)c2)c1. The number of amides is 2. The highest BCUT2D eigenvalue weighted by atomic mass is 16.5. The number of aromatic nitrogens is 3. The molecule has 0 radical (unpaired) electrons. The number of piperazine rings is 1. The molecular formula is C45H56N8O4. The fourth-order valence-electron chi connectivity index (χ4n) is 8.04. The Bertz CT molecular complexity index is 2210. The number of hydrogen-bond donors (Lipinski definition) is 4. The monoisotopic (exact) mass is 772 g/mol. The van der Waals surface area contributed by atoms with Crippen LogP contribution in [0.25, 0.3) is 22.2 Å². The molecule has 0 saturated carbocycles. The maximum atomic E-state index is 13.8. The third-order valence-corrected chi connectivity index (χ3v) is 11.0. The van der Waals surface area contributed by atoms with Crippen molar-refractivity contribution < 1.29 is 19.1 Å². The lowest BCUT2D eigenvalue weighted by atomic mass is 9.99. The molecule has 0 aliphatic carbocycles. The number of rotatable bonds is 14. The molecule has 300 valence electrons. The predicted octanol–water partition coefficient (Wildman–Crippen LogP) is 6.24. The fourth-order valence-corrected chi connectivity index (χ4v) is 8.04. The third kappa shape index (κ3) is 9.47. The molecule has 12 nitrogen and oxygen atoms in total. The Kier molecular flexibility index (Phi) is 12.8. The molecule has 57 heavy (non-hydrogen) atoms. The number of hydrogen-bond acceptors (Lipinski definition) is 9. The molecule has 0 unspecified atom stereocenters. The number of pyridine rings is 1. The van der Waals surface area contributed by atoms with Crippen molar-refractivity contribution in [1.82, 2.24) is 35.6 Å². The van der Waals surface area contributed by atoms with Crippen LogP contribution in [0.1, 0.15) is 82.3 Å². The molecule has 1 atom stereocenters. The first-order valence-corrected chi connectivity index (χ1v) is 20.3. The number of ether oxygens (including phenoxy) is 2. The van der Waals surface area contributed by atoms with E-state index in [-0.39, 0.29) is 24.4 Å². The molecule has 2 amide bonds. The largest absolute Gasteiger partial charge is 0.496 e. The van der Waals surface area contributed by atoms with Crippen LogP contribution in [-0.2, 0) is 37.3 Å². The molecule has 0 spiro atoms. The summed E-state index contributed by atoms with van der Waals surface area (Å²) in [6.45, 7) is 14.9. The topological polar surface area (TPSA) is 135 Å². The van der Waals surface area contributed by atoms with Gasteiger partial charge in [0, 0.05) is 99.1 Å². The van der Waals surface area contributed by atoms with Gasteiger partial charge in [-0.1, -0.05) is 31.2 Å². The van der Waals surface area contributed by atoms with Gasteiger partial charge in [0.1, 0.15) is 5.75 Å². The maximum Gasteiger partial charge on any atom is 0.251 e. The molecule has 5 aromatic rings. The van der Waals surface area contributed by atoms with Crippen LogP contribution in [0.4, 0.5) is 5.69 Å². The Morgan fingerprint density at radius 3 is 2.46 bits per heavy atom. The lowest BCUT2D eigenvalue weighted by molar-refractivity contribution is 0.0904. The minimum absolute atomic E-state index is 0.249. The summed E-state index contributed by atoms with van der Waals surface area (Å²) in [5, 5.41) is 19.1. The maximum absolute atomic E-state index is 13.8. The van der Waals surface area contributed by atoms with Crippen LogP contribution >= 0.6 is 0 Å². The number of carbonyl (C=O) groups excluding carboxylic acids is 2. The molecule has 7 rings (SSSR count). The van der Waals surface area contributed by atoms with Crippen LogP contribution < -0.4 is 26.0 Å². The Hall–Kier alpha value is -5.30. The van der Waals surface area contributed by atoms with Gasteiger partial charge in [-0.05, 0) is 98.7 Å². The van der Waals surface area contributed by atoms with E-state index < -0.39 is 0 Å². The smallest absolute Gasteiger partial charge is 0.251 e. The number of nitrogens with zero attached hydrogens (tertiary/aromatic N) is 4. The van der Waals surface area contributed by atoms with Crippen molar-refractivity contribution in [2.24, 2.45) is 0 Å². The van der Waals surface area contributed by atoms with Gasteiger partial charge in [-0.3, -0.25) is 14.5 Å². The third-order valence-electron chi connectivity index (χ3n) is 11.0. The summed E-state index contributed by atoms with van der Waals surface area (Å²) in [6, 6.07) is 20.6. The number of nitrogens with one attached hydrogen (secondary N) is 4. The van der Waals surface area contributed by atoms with Crippen molar-refractivity contribution in [1.29, 1.82) is 0 Å². The molecular weight excluding hydrogens is 717 g/mol. The van der Waals surface area contributed by atoms with Crippen LogP contribution in [0.3, 0.4) is 0 Å². The minimum Gasteiger partial charge on any atom is -0.496 e. The Morgan fingerprint density at radius 1 is 0.965 bits per heavy atom. The van der Waals surface area contributed by atoms with Gasteiger partial charge < -0.3 is 30.7 Å². The van der Waals surface area contributed by atoms with Crippen molar-refractivity contribution >= 4 is 28.5 Å². The number of fused-ring (bicyclic) bond motifs is 1. The van der Waals surface area contributed by atoms with Crippen LogP contribution in [0.2, 0.25) is 0 Å². The van der Waals surface area contributed by atoms with E-state index in [4.69, 9.17) is 14.5 Å². The average molecular weight is 773 g/mol. The molecule has 2 fully saturated rings. The van der Waals surface area contributed by atoms with Gasteiger partial charge in [-0.2, -0.15) is 5.10 Å². The lowest BCUT2D eigenvalue weighted by Crippen LogP contribution is -2.48. The molecule has 12 heteroatoms. The zero-order valence-corrected chi connectivity index (χ0v) is 33.9. The van der Waals surface area contributed by atoms with Crippen LogP contribution in [-0.4, -0.2) is 83.5 Å². The first kappa shape index (κ1) is 39.9. The second-order valence-electron chi connectivity index (χ2n) is 15.3. The molecule has 2 saturated heterocycles. The van der Waals surface area contributed by atoms with Gasteiger partial charge in [0.25, 0.3) is 11.8 Å². The highest BCUT2D eigenvalue weighted by Crippen LogP contribution is 2.33. The fraction of sp³-hybridized carbons (Fsp3) is 0.422. The molecule has 2 aromatic heterocycles. The van der Waals surface area contributed by atoms with E-state index >= 15 is 0 Å². The zero-order chi connectivity index (χ0) is 39.9. The summed E-state index contributed by atoms with van der Waals surface area (Å²) in [5.74, 6) is 0.262. The Balaban J connectivity index is 1.05. The molecule has 2 aliphatic rings. The summed E-state index contributed by atoms with van der Waals surface area (Å²) < 4.78 is 13.3. The van der Waals surface area contributed by atoms with Crippen molar-refractivity contribution in [2.45, 2.75) is 85.2 Å². The van der Waals surface area contributed by atoms with Gasteiger partial charge in [-0.25, -0.2) is 9.67 Å². The normalized spacial score (nSPS) is 16.4. The van der Waals surface area contributed by atoms with Crippen molar-refractivity contribution in [3.8, 4) is 16.9 Å². The van der Waals surface area contributed by atoms with Gasteiger partial charge in [-0.15, -0.1) is 0 Å². The van der Waals surface area contributed by atoms with E-state index in [0.29, 0.717) is 49.9 Å². The van der Waals surface area contributed by atoms with Crippen molar-refractivity contribution in [3.05, 3.63) is 106 Å². The predicted molar refractivity (Wildman–Crippen MR) is 225 cm³/mol. The van der Waals surface area contributed by atoms with Gasteiger partial charge in [0.05, 0.1) is 24.4 Å². The highest BCUT2D eigenvalue weighted by molar-refractivity contribution is 6.00. The average Bonchev–Trinajstić information content (AvgIpc) is 3.65. The van der Waals surface area contributed by atoms with E-state index in [0.717, 1.165) is 95.0 Å². The molecule has 4 heterocycles. The molecule has 2 aliphatic heterocycles. The second kappa shape index (κ2) is 18.3. The number of benzene rings is 3. The Labute approximate surface area is 335 Å². The van der Waals surface area contributed by atoms with E-state index in [1.165, 1.54) is 5.56 Å². The molecule has 0 bridgehead atoms. The molecule has 3 aromatic carbocycles. The lowest BCUT2D eigenvalue weighted by Gasteiger charge is -2.31. The number of methoxy groups -OCH3 is 1. The van der Waals surface area contributed by atoms with Gasteiger partial charge >= 0.3 is 0 Å². The number of anilines is 1. The summed E-state index contributed by atoms with van der Waals surface area (Å²) >= 11 is 0. The minimum atomic E-state index is -0.260. The van der Waals surface area contributed by atoms with Crippen molar-refractivity contribution in [3.63, 3.8) is 0 Å². The zero-order valence-electron chi connectivity index (χ0n) is 33.9. The van der Waals surface area contributed by atoms with E-state index in [2.05, 4.69) is 82.4 Å². The number of carbonyl (C=O) groups is 2. The van der Waals surface area contributed by atoms with E-state index in [9.17, 15) is 9.59 Å². The van der Waals surface area contributed by atoms with E-state index in [1.54, 1.807) is 13.2 Å². The highest BCUT2D eigenvalue weighted by Gasteiger charge is 2.23. The Morgan fingerprint density at radius 2 is 1.74 bits per heavy atom. The van der Waals surface area contributed by atoms with Gasteiger partial charge in [0.2, 0.25) is 0 Å². The van der Waals surface area contributed by atoms with Gasteiger partial charge in [0.15, 0.2) is 5.65 Å². The van der Waals surface area contributed by atoms with Crippen LogP contribution in [0.15, 0.2) is 66.9 Å². The number of aryl methyl sites for hydroxylation is 3. The quantitative estimate of drug-likeness (QED) is 0.104. The first-order valence-electron chi connectivity index (χ1n) is 20.3. The molecule has 4 N–H and O–H groups in total. The van der Waals surface area contributed by atoms with E-state index in [1.807, 2.05) is 42.1 Å². The van der Waals surface area contributed by atoms with Crippen molar-refractivity contribution in [2.75, 3.05) is 45.3 Å². The van der Waals surface area contributed by atoms with Crippen LogP contribution in [0, 0.1) is 6.92 Å². The first-order chi connectivity index (χ1) is 27.7. The summed E-state index contributed by atoms with van der Waals surface area (Å²) in [4.78, 5) is 34.9. The summed E-state index contributed by atoms with van der Waals surface area (Å²) in [5.41, 5.74) is 9.57. The van der Waals surface area contributed by atoms with Crippen LogP contribution in [0.5, 0.6) is 5.75 Å². The summed E-state index contributed by atoms with van der Waals surface area (Å²) in [6.07, 6.45) is 4.37. The summed E-state index contributed by atoms with van der Waals surface area (Å²) in [7, 11) is 1.68. The second-order valence-corrected chi connectivity index (χ2v) is 15.3.